The summed E-state index contributed by atoms with van der Waals surface area (Å²) in [5.41, 5.74) is 8.87. The van der Waals surface area contributed by atoms with Crippen LogP contribution >= 0.6 is 0 Å². The number of rotatable bonds is 7. The maximum absolute atomic E-state index is 13.7. The maximum Gasteiger partial charge on any atom is 0.261 e. The van der Waals surface area contributed by atoms with Crippen LogP contribution in [0.5, 0.6) is 5.75 Å². The van der Waals surface area contributed by atoms with Gasteiger partial charge in [0.15, 0.2) is 11.5 Å². The summed E-state index contributed by atoms with van der Waals surface area (Å²) in [4.78, 5) is 34.8. The number of hydrogen-bond donors (Lipinski definition) is 2. The molecule has 1 unspecified atom stereocenters. The van der Waals surface area contributed by atoms with Gasteiger partial charge in [-0.3, -0.25) is 14.5 Å². The van der Waals surface area contributed by atoms with Crippen molar-refractivity contribution in [2.45, 2.75) is 37.9 Å². The van der Waals surface area contributed by atoms with Gasteiger partial charge in [0, 0.05) is 19.2 Å². The molecule has 2 atom stereocenters. The molecule has 2 aliphatic rings. The van der Waals surface area contributed by atoms with Gasteiger partial charge in [-0.05, 0) is 72.4 Å². The van der Waals surface area contributed by atoms with Crippen LogP contribution in [-0.4, -0.2) is 59.0 Å². The molecule has 0 saturated carbocycles. The van der Waals surface area contributed by atoms with Gasteiger partial charge in [0.25, 0.3) is 11.8 Å². The van der Waals surface area contributed by atoms with Crippen LogP contribution in [0, 0.1) is 0 Å². The van der Waals surface area contributed by atoms with Crippen molar-refractivity contribution < 1.29 is 19.4 Å². The fraction of sp³-hybridized carbons (Fsp3) is 0.300. The average molecular weight is 513 g/mol. The fourth-order valence-electron chi connectivity index (χ4n) is 5.35. The summed E-state index contributed by atoms with van der Waals surface area (Å²) in [5.74, 6) is 0.0368. The summed E-state index contributed by atoms with van der Waals surface area (Å²) >= 11 is 0. The zero-order chi connectivity index (χ0) is 26.9. The molecule has 8 nitrogen and oxygen atoms in total. The lowest BCUT2D eigenvalue weighted by atomic mass is 9.89. The van der Waals surface area contributed by atoms with E-state index in [-0.39, 0.29) is 36.1 Å². The molecule has 3 N–H and O–H groups in total. The van der Waals surface area contributed by atoms with Crippen LogP contribution in [0.1, 0.15) is 41.3 Å². The number of hydrogen-bond acceptors (Lipinski definition) is 6. The van der Waals surface area contributed by atoms with Crippen molar-refractivity contribution >= 4 is 17.8 Å². The number of phenolic OH excluding ortho intramolecular Hbond substituents is 1. The number of aliphatic imine (C=N–C) groups is 1. The van der Waals surface area contributed by atoms with E-state index >= 15 is 0 Å². The summed E-state index contributed by atoms with van der Waals surface area (Å²) in [6.07, 6.45) is 1.89. The van der Waals surface area contributed by atoms with Crippen LogP contribution in [0.25, 0.3) is 11.1 Å². The number of carbonyl (C=O) groups excluding carboxylic acids is 2. The molecule has 2 heterocycles. The van der Waals surface area contributed by atoms with Crippen molar-refractivity contribution in [3.63, 3.8) is 0 Å². The highest BCUT2D eigenvalue weighted by molar-refractivity contribution is 6.07. The molecule has 1 saturated heterocycles. The van der Waals surface area contributed by atoms with Gasteiger partial charge in [0.1, 0.15) is 5.75 Å². The Hall–Kier alpha value is -4.17. The standard InChI is InChI=1S/C30H32N4O4/c1-30(24-11-4-8-21(16-24)22-9-5-13-26(35)17-22)28(37)34(29(31)32-30)18-20-7-3-10-23(15-20)27(36)33-14-6-12-25(33)19-38-2/h3-5,7-11,13,15-17,25,35H,6,12,14,18-19H2,1-2H3,(H2,31,32)/t25-,30?/m1/s1. The first kappa shape index (κ1) is 25.5. The average Bonchev–Trinajstić information content (AvgIpc) is 3.47. The highest BCUT2D eigenvalue weighted by atomic mass is 16.5. The zero-order valence-electron chi connectivity index (χ0n) is 21.6. The van der Waals surface area contributed by atoms with E-state index < -0.39 is 5.54 Å². The number of carbonyl (C=O) groups is 2. The molecule has 38 heavy (non-hydrogen) atoms. The zero-order valence-corrected chi connectivity index (χ0v) is 21.6. The van der Waals surface area contributed by atoms with Crippen LogP contribution in [0.3, 0.4) is 0 Å². The Kier molecular flexibility index (Phi) is 6.91. The first-order valence-corrected chi connectivity index (χ1v) is 12.8. The van der Waals surface area contributed by atoms with Crippen molar-refractivity contribution in [2.24, 2.45) is 10.7 Å². The summed E-state index contributed by atoms with van der Waals surface area (Å²) in [7, 11) is 1.65. The molecule has 2 aliphatic heterocycles. The number of nitrogens with two attached hydrogens (primary N) is 1. The summed E-state index contributed by atoms with van der Waals surface area (Å²) < 4.78 is 5.30. The summed E-state index contributed by atoms with van der Waals surface area (Å²) in [6.45, 7) is 3.19. The predicted molar refractivity (Wildman–Crippen MR) is 145 cm³/mol. The smallest absolute Gasteiger partial charge is 0.261 e. The van der Waals surface area contributed by atoms with Crippen LogP contribution in [-0.2, 0) is 21.6 Å². The molecule has 0 spiro atoms. The van der Waals surface area contributed by atoms with E-state index in [1.54, 1.807) is 38.3 Å². The fourth-order valence-corrected chi connectivity index (χ4v) is 5.35. The van der Waals surface area contributed by atoms with E-state index in [9.17, 15) is 14.7 Å². The van der Waals surface area contributed by atoms with Crippen molar-refractivity contribution in [1.82, 2.24) is 9.80 Å². The number of likely N-dealkylation sites (tertiary alicyclic amines) is 1. The van der Waals surface area contributed by atoms with Gasteiger partial charge in [-0.15, -0.1) is 0 Å². The third-order valence-electron chi connectivity index (χ3n) is 7.39. The Labute approximate surface area is 222 Å². The third-order valence-corrected chi connectivity index (χ3v) is 7.39. The first-order chi connectivity index (χ1) is 18.3. The van der Waals surface area contributed by atoms with E-state index in [0.29, 0.717) is 24.3 Å². The number of ether oxygens (including phenoxy) is 1. The molecule has 3 aromatic carbocycles. The Morgan fingerprint density at radius 3 is 2.61 bits per heavy atom. The highest BCUT2D eigenvalue weighted by Crippen LogP contribution is 2.36. The van der Waals surface area contributed by atoms with Gasteiger partial charge in [-0.1, -0.05) is 42.5 Å². The van der Waals surface area contributed by atoms with Crippen molar-refractivity contribution in [3.05, 3.63) is 89.5 Å². The summed E-state index contributed by atoms with van der Waals surface area (Å²) in [5, 5.41) is 9.88. The molecule has 196 valence electrons. The third kappa shape index (κ3) is 4.75. The van der Waals surface area contributed by atoms with E-state index in [1.165, 1.54) is 4.90 Å². The Bertz CT molecular complexity index is 1400. The van der Waals surface area contributed by atoms with Gasteiger partial charge in [0.2, 0.25) is 0 Å². The minimum atomic E-state index is -1.19. The van der Waals surface area contributed by atoms with Gasteiger partial charge in [-0.2, -0.15) is 0 Å². The molecule has 1 fully saturated rings. The molecule has 3 aromatic rings. The number of guanidine groups is 1. The second-order valence-electron chi connectivity index (χ2n) is 10.0. The van der Waals surface area contributed by atoms with E-state index in [1.807, 2.05) is 53.4 Å². The lowest BCUT2D eigenvalue weighted by Crippen LogP contribution is -2.41. The quantitative estimate of drug-likeness (QED) is 0.499. The van der Waals surface area contributed by atoms with E-state index in [0.717, 1.165) is 29.5 Å². The van der Waals surface area contributed by atoms with Crippen molar-refractivity contribution in [2.75, 3.05) is 20.3 Å². The molecule has 0 radical (unpaired) electrons. The van der Waals surface area contributed by atoms with Crippen LogP contribution in [0.4, 0.5) is 0 Å². The molecular formula is C30H32N4O4. The van der Waals surface area contributed by atoms with Gasteiger partial charge in [0.05, 0.1) is 19.2 Å². The molecule has 0 aromatic heterocycles. The monoisotopic (exact) mass is 512 g/mol. The number of benzene rings is 3. The van der Waals surface area contributed by atoms with Crippen LogP contribution < -0.4 is 5.73 Å². The number of amides is 2. The lowest BCUT2D eigenvalue weighted by molar-refractivity contribution is -0.131. The molecular weight excluding hydrogens is 480 g/mol. The largest absolute Gasteiger partial charge is 0.508 e. The molecule has 8 heteroatoms. The predicted octanol–water partition coefficient (Wildman–Crippen LogP) is 3.88. The number of aromatic hydroxyl groups is 1. The van der Waals surface area contributed by atoms with Gasteiger partial charge in [-0.25, -0.2) is 4.99 Å². The number of nitrogens with zero attached hydrogens (tertiary/aromatic N) is 3. The van der Waals surface area contributed by atoms with Gasteiger partial charge >= 0.3 is 0 Å². The first-order valence-electron chi connectivity index (χ1n) is 12.8. The minimum Gasteiger partial charge on any atom is -0.508 e. The maximum atomic E-state index is 13.7. The molecule has 0 aliphatic carbocycles. The van der Waals surface area contributed by atoms with Crippen molar-refractivity contribution in [1.29, 1.82) is 0 Å². The Morgan fingerprint density at radius 2 is 1.84 bits per heavy atom. The van der Waals surface area contributed by atoms with E-state index in [2.05, 4.69) is 4.99 Å². The second-order valence-corrected chi connectivity index (χ2v) is 10.0. The normalized spacial score (nSPS) is 21.2. The molecule has 0 bridgehead atoms. The second kappa shape index (κ2) is 10.3. The topological polar surface area (TPSA) is 108 Å². The van der Waals surface area contributed by atoms with Crippen molar-refractivity contribution in [3.8, 4) is 16.9 Å². The number of phenols is 1. The molecule has 2 amide bonds. The van der Waals surface area contributed by atoms with Crippen LogP contribution in [0.15, 0.2) is 77.8 Å². The highest BCUT2D eigenvalue weighted by Gasteiger charge is 2.45. The molecule has 5 rings (SSSR count). The lowest BCUT2D eigenvalue weighted by Gasteiger charge is -2.25. The summed E-state index contributed by atoms with van der Waals surface area (Å²) in [6, 6.07) is 21.9. The van der Waals surface area contributed by atoms with Gasteiger partial charge < -0.3 is 20.5 Å². The van der Waals surface area contributed by atoms with E-state index in [4.69, 9.17) is 10.5 Å². The Balaban J connectivity index is 1.36. The Morgan fingerprint density at radius 1 is 1.11 bits per heavy atom. The SMILES string of the molecule is COC[C@H]1CCCN1C(=O)c1cccc(CN2C(=O)C(C)(c3cccc(-c4cccc(O)c4)c3)N=C2N)c1. The van der Waals surface area contributed by atoms with Crippen LogP contribution in [0.2, 0.25) is 0 Å². The number of methoxy groups -OCH3 is 1. The minimum absolute atomic E-state index is 0.0330.